The number of benzene rings is 1. The largest absolute Gasteiger partial charge is 0.493 e. The number of ether oxygens (including phenoxy) is 1. The summed E-state index contributed by atoms with van der Waals surface area (Å²) >= 11 is 0. The van der Waals surface area contributed by atoms with Crippen molar-refractivity contribution in [2.75, 3.05) is 19.8 Å². The van der Waals surface area contributed by atoms with Crippen LogP contribution >= 0.6 is 0 Å². The van der Waals surface area contributed by atoms with Gasteiger partial charge in [-0.2, -0.15) is 0 Å². The van der Waals surface area contributed by atoms with Crippen LogP contribution in [0.25, 0.3) is 0 Å². The fourth-order valence-electron chi connectivity index (χ4n) is 2.27. The van der Waals surface area contributed by atoms with Gasteiger partial charge in [0.25, 0.3) is 0 Å². The molecule has 0 bridgehead atoms. The van der Waals surface area contributed by atoms with Crippen molar-refractivity contribution in [3.8, 4) is 5.75 Å². The molecule has 118 valence electrons. The number of aryl methyl sites for hydroxylation is 2. The average molecular weight is 293 g/mol. The summed E-state index contributed by atoms with van der Waals surface area (Å²) in [6, 6.07) is 6.16. The van der Waals surface area contributed by atoms with Crippen molar-refractivity contribution in [3.63, 3.8) is 0 Å². The van der Waals surface area contributed by atoms with Crippen LogP contribution in [0.3, 0.4) is 0 Å². The molecule has 21 heavy (non-hydrogen) atoms. The van der Waals surface area contributed by atoms with Crippen LogP contribution in [0.5, 0.6) is 5.75 Å². The molecule has 1 aromatic carbocycles. The van der Waals surface area contributed by atoms with E-state index in [4.69, 9.17) is 9.84 Å². The van der Waals surface area contributed by atoms with Crippen molar-refractivity contribution in [2.45, 2.75) is 46.6 Å². The molecule has 0 radical (unpaired) electrons. The first-order valence-electron chi connectivity index (χ1n) is 7.56. The van der Waals surface area contributed by atoms with Gasteiger partial charge in [-0.25, -0.2) is 0 Å². The Morgan fingerprint density at radius 3 is 2.62 bits per heavy atom. The van der Waals surface area contributed by atoms with Crippen LogP contribution < -0.4 is 4.74 Å². The SMILES string of the molecule is Cc1ccc(OCCC(=O)N(CCCO)C(C)C)c(C)c1. The molecule has 0 aromatic heterocycles. The van der Waals surface area contributed by atoms with E-state index < -0.39 is 0 Å². The molecule has 0 spiro atoms. The van der Waals surface area contributed by atoms with Gasteiger partial charge in [-0.15, -0.1) is 0 Å². The lowest BCUT2D eigenvalue weighted by molar-refractivity contribution is -0.133. The summed E-state index contributed by atoms with van der Waals surface area (Å²) in [6.45, 7) is 9.10. The number of hydrogen-bond acceptors (Lipinski definition) is 3. The number of hydrogen-bond donors (Lipinski definition) is 1. The summed E-state index contributed by atoms with van der Waals surface area (Å²) < 4.78 is 5.70. The molecule has 1 rings (SSSR count). The van der Waals surface area contributed by atoms with Crippen molar-refractivity contribution in [1.29, 1.82) is 0 Å². The lowest BCUT2D eigenvalue weighted by Gasteiger charge is -2.26. The zero-order valence-corrected chi connectivity index (χ0v) is 13.6. The maximum absolute atomic E-state index is 12.2. The molecule has 0 saturated carbocycles. The van der Waals surface area contributed by atoms with E-state index >= 15 is 0 Å². The molecule has 0 unspecified atom stereocenters. The Bertz CT molecular complexity index is 457. The first-order chi connectivity index (χ1) is 9.95. The highest BCUT2D eigenvalue weighted by molar-refractivity contribution is 5.76. The summed E-state index contributed by atoms with van der Waals surface area (Å²) in [5.74, 6) is 0.906. The first kappa shape index (κ1) is 17.5. The van der Waals surface area contributed by atoms with Gasteiger partial charge in [-0.1, -0.05) is 17.7 Å². The highest BCUT2D eigenvalue weighted by Gasteiger charge is 2.16. The Balaban J connectivity index is 2.47. The second kappa shape index (κ2) is 8.67. The molecule has 0 atom stereocenters. The fraction of sp³-hybridized carbons (Fsp3) is 0.588. The van der Waals surface area contributed by atoms with Crippen LogP contribution in [0.2, 0.25) is 0 Å². The van der Waals surface area contributed by atoms with E-state index in [2.05, 4.69) is 6.07 Å². The smallest absolute Gasteiger partial charge is 0.226 e. The molecule has 0 fully saturated rings. The Morgan fingerprint density at radius 2 is 2.05 bits per heavy atom. The van der Waals surface area contributed by atoms with E-state index in [0.717, 1.165) is 11.3 Å². The van der Waals surface area contributed by atoms with Crippen molar-refractivity contribution in [3.05, 3.63) is 29.3 Å². The third-order valence-electron chi connectivity index (χ3n) is 3.40. The zero-order chi connectivity index (χ0) is 15.8. The van der Waals surface area contributed by atoms with E-state index in [1.165, 1.54) is 5.56 Å². The topological polar surface area (TPSA) is 49.8 Å². The number of aliphatic hydroxyl groups is 1. The minimum Gasteiger partial charge on any atom is -0.493 e. The minimum absolute atomic E-state index is 0.0724. The fourth-order valence-corrected chi connectivity index (χ4v) is 2.27. The average Bonchev–Trinajstić information content (AvgIpc) is 2.41. The number of amides is 1. The van der Waals surface area contributed by atoms with E-state index in [-0.39, 0.29) is 18.6 Å². The van der Waals surface area contributed by atoms with Crippen LogP contribution in [0.1, 0.15) is 37.8 Å². The molecule has 4 nitrogen and oxygen atoms in total. The third kappa shape index (κ3) is 5.76. The highest BCUT2D eigenvalue weighted by atomic mass is 16.5. The zero-order valence-electron chi connectivity index (χ0n) is 13.6. The highest BCUT2D eigenvalue weighted by Crippen LogP contribution is 2.19. The van der Waals surface area contributed by atoms with Crippen molar-refractivity contribution in [1.82, 2.24) is 4.90 Å². The molecule has 0 saturated heterocycles. The van der Waals surface area contributed by atoms with Gasteiger partial charge in [0.1, 0.15) is 5.75 Å². The van der Waals surface area contributed by atoms with Crippen LogP contribution in [-0.2, 0) is 4.79 Å². The number of nitrogens with zero attached hydrogens (tertiary/aromatic N) is 1. The van der Waals surface area contributed by atoms with E-state index in [1.54, 1.807) is 4.90 Å². The molecule has 0 aliphatic heterocycles. The van der Waals surface area contributed by atoms with Gasteiger partial charge in [0.05, 0.1) is 13.0 Å². The van der Waals surface area contributed by atoms with Gasteiger partial charge in [-0.3, -0.25) is 4.79 Å². The predicted molar refractivity (Wildman–Crippen MR) is 84.6 cm³/mol. The first-order valence-corrected chi connectivity index (χ1v) is 7.56. The lowest BCUT2D eigenvalue weighted by atomic mass is 10.1. The second-order valence-corrected chi connectivity index (χ2v) is 5.63. The summed E-state index contributed by atoms with van der Waals surface area (Å²) in [7, 11) is 0. The third-order valence-corrected chi connectivity index (χ3v) is 3.40. The van der Waals surface area contributed by atoms with Crippen LogP contribution in [0, 0.1) is 13.8 Å². The summed E-state index contributed by atoms with van der Waals surface area (Å²) in [4.78, 5) is 14.0. The Morgan fingerprint density at radius 1 is 1.33 bits per heavy atom. The normalized spacial score (nSPS) is 10.8. The lowest BCUT2D eigenvalue weighted by Crippen LogP contribution is -2.38. The minimum atomic E-state index is 0.0724. The number of carbonyl (C=O) groups is 1. The van der Waals surface area contributed by atoms with E-state index in [9.17, 15) is 4.79 Å². The summed E-state index contributed by atoms with van der Waals surface area (Å²) in [5.41, 5.74) is 2.29. The van der Waals surface area contributed by atoms with Crippen LogP contribution in [-0.4, -0.2) is 41.7 Å². The predicted octanol–water partition coefficient (Wildman–Crippen LogP) is 2.69. The van der Waals surface area contributed by atoms with Gasteiger partial charge < -0.3 is 14.7 Å². The number of carbonyl (C=O) groups excluding carboxylic acids is 1. The van der Waals surface area contributed by atoms with Crippen molar-refractivity contribution in [2.24, 2.45) is 0 Å². The quantitative estimate of drug-likeness (QED) is 0.801. The van der Waals surface area contributed by atoms with Crippen LogP contribution in [0.4, 0.5) is 0 Å². The van der Waals surface area contributed by atoms with Crippen molar-refractivity contribution < 1.29 is 14.6 Å². The molecule has 4 heteroatoms. The van der Waals surface area contributed by atoms with Gasteiger partial charge in [0.15, 0.2) is 0 Å². The molecule has 0 heterocycles. The van der Waals surface area contributed by atoms with Gasteiger partial charge in [-0.05, 0) is 45.7 Å². The van der Waals surface area contributed by atoms with Crippen LogP contribution in [0.15, 0.2) is 18.2 Å². The molecule has 1 N–H and O–H groups in total. The maximum Gasteiger partial charge on any atom is 0.226 e. The van der Waals surface area contributed by atoms with Gasteiger partial charge in [0.2, 0.25) is 5.91 Å². The van der Waals surface area contributed by atoms with Gasteiger partial charge in [0, 0.05) is 19.2 Å². The molecule has 0 aliphatic carbocycles. The maximum atomic E-state index is 12.2. The number of aliphatic hydroxyl groups excluding tert-OH is 1. The Hall–Kier alpha value is -1.55. The molecule has 1 aromatic rings. The summed E-state index contributed by atoms with van der Waals surface area (Å²) in [5, 5.41) is 8.89. The second-order valence-electron chi connectivity index (χ2n) is 5.63. The van der Waals surface area contributed by atoms with Crippen molar-refractivity contribution >= 4 is 5.91 Å². The monoisotopic (exact) mass is 293 g/mol. The molecular weight excluding hydrogens is 266 g/mol. The standard InChI is InChI=1S/C17H27NO3/c1-13(2)18(9-5-10-19)17(20)8-11-21-16-7-6-14(3)12-15(16)4/h6-7,12-13,19H,5,8-11H2,1-4H3. The Labute approximate surface area is 127 Å². The van der Waals surface area contributed by atoms with Gasteiger partial charge >= 0.3 is 0 Å². The molecule has 0 aliphatic rings. The molecular formula is C17H27NO3. The molecule has 1 amide bonds. The Kier molecular flexibility index (Phi) is 7.23. The van der Waals surface area contributed by atoms with E-state index in [1.807, 2.05) is 39.8 Å². The number of rotatable bonds is 8. The summed E-state index contributed by atoms with van der Waals surface area (Å²) in [6.07, 6.45) is 0.971. The van der Waals surface area contributed by atoms with E-state index in [0.29, 0.717) is 26.0 Å².